The number of rotatable bonds is 4. The van der Waals surface area contributed by atoms with Gasteiger partial charge in [-0.1, -0.05) is 37.3 Å². The van der Waals surface area contributed by atoms with Gasteiger partial charge in [-0.2, -0.15) is 5.26 Å². The van der Waals surface area contributed by atoms with Crippen LogP contribution in [0.5, 0.6) is 0 Å². The fourth-order valence-corrected chi connectivity index (χ4v) is 2.08. The van der Waals surface area contributed by atoms with Crippen LogP contribution in [0.25, 0.3) is 0 Å². The number of nitrogens with one attached hydrogen (secondary N) is 2. The van der Waals surface area contributed by atoms with E-state index in [2.05, 4.69) is 27.5 Å². The Balaban J connectivity index is 2.15. The largest absolute Gasteiger partial charge is 0.397 e. The number of aliphatic imine (C=N–C) groups is 1. The zero-order valence-corrected chi connectivity index (χ0v) is 12.3. The summed E-state index contributed by atoms with van der Waals surface area (Å²) in [5.41, 5.74) is 8.04. The third-order valence-electron chi connectivity index (χ3n) is 3.11. The first kappa shape index (κ1) is 15.3. The molecule has 0 amide bonds. The average Bonchev–Trinajstić information content (AvgIpc) is 2.53. The van der Waals surface area contributed by atoms with Gasteiger partial charge in [-0.3, -0.25) is 4.98 Å². The summed E-state index contributed by atoms with van der Waals surface area (Å²) in [5, 5.41) is 15.1. The topological polar surface area (TPSA) is 99.1 Å². The second-order valence-corrected chi connectivity index (χ2v) is 4.71. The second-order valence-electron chi connectivity index (χ2n) is 4.71. The van der Waals surface area contributed by atoms with Crippen LogP contribution in [-0.4, -0.2) is 10.9 Å². The molecule has 2 rings (SSSR count). The molecule has 2 aromatic rings. The van der Waals surface area contributed by atoms with Gasteiger partial charge in [-0.15, -0.1) is 4.99 Å². The predicted octanol–water partition coefficient (Wildman–Crippen LogP) is 2.65. The lowest BCUT2D eigenvalue weighted by atomic mass is 10.1. The molecule has 112 valence electrons. The first-order chi connectivity index (χ1) is 10.7. The van der Waals surface area contributed by atoms with Gasteiger partial charge in [0, 0.05) is 6.20 Å². The van der Waals surface area contributed by atoms with Gasteiger partial charge in [0.2, 0.25) is 12.2 Å². The van der Waals surface area contributed by atoms with Crippen LogP contribution in [0.1, 0.15) is 24.9 Å². The quantitative estimate of drug-likeness (QED) is 0.457. The summed E-state index contributed by atoms with van der Waals surface area (Å²) in [6.07, 6.45) is 5.82. The van der Waals surface area contributed by atoms with Gasteiger partial charge in [0.05, 0.1) is 23.6 Å². The van der Waals surface area contributed by atoms with Gasteiger partial charge < -0.3 is 16.4 Å². The zero-order valence-electron chi connectivity index (χ0n) is 12.3. The molecule has 6 heteroatoms. The number of benzene rings is 1. The van der Waals surface area contributed by atoms with E-state index in [4.69, 9.17) is 11.0 Å². The predicted molar refractivity (Wildman–Crippen MR) is 87.9 cm³/mol. The summed E-state index contributed by atoms with van der Waals surface area (Å²) in [6.45, 7) is 2.07. The first-order valence-electron chi connectivity index (χ1n) is 6.98. The van der Waals surface area contributed by atoms with Crippen molar-refractivity contribution in [1.82, 2.24) is 10.3 Å². The highest BCUT2D eigenvalue weighted by Gasteiger charge is 2.11. The van der Waals surface area contributed by atoms with Crippen LogP contribution in [0.4, 0.5) is 11.4 Å². The van der Waals surface area contributed by atoms with Crippen LogP contribution in [0, 0.1) is 11.5 Å². The molecule has 0 saturated heterocycles. The van der Waals surface area contributed by atoms with Gasteiger partial charge in [0.1, 0.15) is 0 Å². The molecule has 0 spiro atoms. The summed E-state index contributed by atoms with van der Waals surface area (Å²) in [7, 11) is 0. The molecule has 0 unspecified atom stereocenters. The summed E-state index contributed by atoms with van der Waals surface area (Å²) < 4.78 is 0. The van der Waals surface area contributed by atoms with Crippen LogP contribution in [-0.2, 0) is 0 Å². The lowest BCUT2D eigenvalue weighted by Crippen LogP contribution is -2.34. The number of hydrogen-bond acceptors (Lipinski definition) is 4. The Morgan fingerprint density at radius 2 is 2.14 bits per heavy atom. The van der Waals surface area contributed by atoms with Crippen LogP contribution in [0.3, 0.4) is 0 Å². The number of nitrogens with zero attached hydrogens (tertiary/aromatic N) is 3. The smallest absolute Gasteiger partial charge is 0.212 e. The minimum Gasteiger partial charge on any atom is -0.397 e. The maximum Gasteiger partial charge on any atom is 0.212 e. The second kappa shape index (κ2) is 7.64. The number of pyridine rings is 1. The Morgan fingerprint density at radius 1 is 1.36 bits per heavy atom. The molecule has 1 aromatic heterocycles. The number of hydrogen-bond donors (Lipinski definition) is 3. The molecule has 22 heavy (non-hydrogen) atoms. The molecule has 0 aliphatic carbocycles. The molecule has 1 aromatic carbocycles. The van der Waals surface area contributed by atoms with Gasteiger partial charge in [-0.25, -0.2) is 0 Å². The van der Waals surface area contributed by atoms with Crippen molar-refractivity contribution < 1.29 is 0 Å². The molecule has 0 aliphatic rings. The van der Waals surface area contributed by atoms with E-state index in [9.17, 15) is 0 Å². The Bertz CT molecular complexity index is 675. The number of nitrogen functional groups attached to an aromatic ring is 1. The van der Waals surface area contributed by atoms with E-state index in [-0.39, 0.29) is 6.04 Å². The molecule has 0 radical (unpaired) electrons. The maximum atomic E-state index is 8.87. The van der Waals surface area contributed by atoms with Crippen LogP contribution in [0.2, 0.25) is 0 Å². The normalized spacial score (nSPS) is 12.3. The molecule has 0 saturated carbocycles. The number of guanidine groups is 1. The fraction of sp³-hybridized carbons (Fsp3) is 0.188. The van der Waals surface area contributed by atoms with E-state index in [0.29, 0.717) is 17.3 Å². The van der Waals surface area contributed by atoms with E-state index in [1.54, 1.807) is 24.7 Å². The molecular formula is C16H18N6. The van der Waals surface area contributed by atoms with Crippen molar-refractivity contribution in [3.8, 4) is 6.19 Å². The molecule has 1 atom stereocenters. The number of anilines is 2. The fourth-order valence-electron chi connectivity index (χ4n) is 2.08. The Hall–Kier alpha value is -3.07. The third kappa shape index (κ3) is 4.21. The molecule has 6 nitrogen and oxygen atoms in total. The molecule has 1 heterocycles. The van der Waals surface area contributed by atoms with Crippen molar-refractivity contribution in [1.29, 1.82) is 5.26 Å². The van der Waals surface area contributed by atoms with E-state index >= 15 is 0 Å². The van der Waals surface area contributed by atoms with E-state index in [1.807, 2.05) is 30.3 Å². The van der Waals surface area contributed by atoms with Crippen molar-refractivity contribution in [2.45, 2.75) is 19.4 Å². The first-order valence-corrected chi connectivity index (χ1v) is 6.98. The number of nitriles is 1. The maximum absolute atomic E-state index is 8.87. The van der Waals surface area contributed by atoms with Crippen molar-refractivity contribution in [3.63, 3.8) is 0 Å². The Kier molecular flexibility index (Phi) is 5.32. The van der Waals surface area contributed by atoms with E-state index < -0.39 is 0 Å². The van der Waals surface area contributed by atoms with Gasteiger partial charge in [-0.05, 0) is 18.1 Å². The highest BCUT2D eigenvalue weighted by molar-refractivity contribution is 5.94. The van der Waals surface area contributed by atoms with Crippen LogP contribution < -0.4 is 16.4 Å². The highest BCUT2D eigenvalue weighted by atomic mass is 15.2. The van der Waals surface area contributed by atoms with Crippen molar-refractivity contribution in [2.24, 2.45) is 4.99 Å². The third-order valence-corrected chi connectivity index (χ3v) is 3.11. The van der Waals surface area contributed by atoms with Gasteiger partial charge >= 0.3 is 0 Å². The monoisotopic (exact) mass is 294 g/mol. The van der Waals surface area contributed by atoms with Crippen molar-refractivity contribution in [2.75, 3.05) is 11.1 Å². The minimum absolute atomic E-state index is 0.0508. The van der Waals surface area contributed by atoms with Crippen LogP contribution in [0.15, 0.2) is 53.8 Å². The lowest BCUT2D eigenvalue weighted by Gasteiger charge is -2.20. The molecule has 4 N–H and O–H groups in total. The molecule has 0 bridgehead atoms. The minimum atomic E-state index is 0.0508. The van der Waals surface area contributed by atoms with E-state index in [0.717, 1.165) is 12.0 Å². The average molecular weight is 294 g/mol. The highest BCUT2D eigenvalue weighted by Crippen LogP contribution is 2.16. The lowest BCUT2D eigenvalue weighted by molar-refractivity contribution is 0.624. The summed E-state index contributed by atoms with van der Waals surface area (Å²) in [6, 6.07) is 11.8. The summed E-state index contributed by atoms with van der Waals surface area (Å²) >= 11 is 0. The Labute approximate surface area is 129 Å². The summed E-state index contributed by atoms with van der Waals surface area (Å²) in [5.74, 6) is 0.366. The van der Waals surface area contributed by atoms with Crippen molar-refractivity contribution in [3.05, 3.63) is 54.4 Å². The van der Waals surface area contributed by atoms with Gasteiger partial charge in [0.15, 0.2) is 0 Å². The number of aromatic nitrogens is 1. The SMILES string of the molecule is CC[C@@H](NC(=NC#N)Nc1cncc(N)c1)c1ccccc1. The molecular weight excluding hydrogens is 276 g/mol. The van der Waals surface area contributed by atoms with Crippen molar-refractivity contribution >= 4 is 17.3 Å². The number of nitrogens with two attached hydrogens (primary N) is 1. The van der Waals surface area contributed by atoms with Gasteiger partial charge in [0.25, 0.3) is 0 Å². The Morgan fingerprint density at radius 3 is 2.77 bits per heavy atom. The van der Waals surface area contributed by atoms with Crippen LogP contribution >= 0.6 is 0 Å². The summed E-state index contributed by atoms with van der Waals surface area (Å²) in [4.78, 5) is 7.80. The van der Waals surface area contributed by atoms with E-state index in [1.165, 1.54) is 0 Å². The molecule has 0 fully saturated rings. The molecule has 0 aliphatic heterocycles. The zero-order chi connectivity index (χ0) is 15.8. The standard InChI is InChI=1S/C16H18N6/c1-2-15(12-6-4-3-5-7-12)22-16(20-11-17)21-14-8-13(18)9-19-10-14/h3-10,15H,2,18H2,1H3,(H2,20,21,22)/t15-/m1/s1.